The molecule has 182 valence electrons. The summed E-state index contributed by atoms with van der Waals surface area (Å²) in [5.41, 5.74) is 3.22. The summed E-state index contributed by atoms with van der Waals surface area (Å²) in [4.78, 5) is 27.3. The summed E-state index contributed by atoms with van der Waals surface area (Å²) in [5, 5.41) is 7.21. The van der Waals surface area contributed by atoms with Crippen molar-refractivity contribution in [1.29, 1.82) is 0 Å². The van der Waals surface area contributed by atoms with E-state index in [0.717, 1.165) is 36.9 Å². The van der Waals surface area contributed by atoms with E-state index < -0.39 is 0 Å². The number of ether oxygens (including phenoxy) is 2. The van der Waals surface area contributed by atoms with Crippen molar-refractivity contribution in [2.45, 2.75) is 70.5 Å². The number of nitrogens with one attached hydrogen (secondary N) is 1. The standard InChI is InChI=1S/C25H29N7O3/c1-15(2)35-22-17(21(33)28-18-10-27-32-11-16(3)9-26-20(18)32)12-31-13-19(29-23(31)30-22)25-7-5-24(4,6-8-25)34-14-25/h9-13,15H,5-8,14H2,1-4H3,(H,28,33). The van der Waals surface area contributed by atoms with Crippen LogP contribution < -0.4 is 10.1 Å². The number of fused-ring (bicyclic) bond motifs is 5. The van der Waals surface area contributed by atoms with Gasteiger partial charge >= 0.3 is 0 Å². The number of imidazole rings is 1. The number of amides is 1. The normalized spacial score (nSPS) is 23.9. The Labute approximate surface area is 202 Å². The molecule has 0 atom stereocenters. The lowest BCUT2D eigenvalue weighted by Crippen LogP contribution is -2.51. The fourth-order valence-corrected chi connectivity index (χ4v) is 5.07. The SMILES string of the molecule is Cc1cnc2c(NC(=O)c3cn4cc(C56CCC(C)(CC5)OC6)nc4nc3OC(C)C)cnn2c1. The molecule has 0 unspecified atom stereocenters. The molecule has 2 bridgehead atoms. The van der Waals surface area contributed by atoms with Gasteiger partial charge in [-0.15, -0.1) is 0 Å². The van der Waals surface area contributed by atoms with Crippen LogP contribution in [0.5, 0.6) is 5.88 Å². The number of hydrogen-bond donors (Lipinski definition) is 1. The Morgan fingerprint density at radius 1 is 1.14 bits per heavy atom. The molecule has 2 aliphatic heterocycles. The predicted octanol–water partition coefficient (Wildman–Crippen LogP) is 3.72. The molecule has 1 saturated carbocycles. The molecule has 3 fully saturated rings. The fraction of sp³-hybridized carbons (Fsp3) is 0.480. The Morgan fingerprint density at radius 3 is 2.66 bits per heavy atom. The van der Waals surface area contributed by atoms with Gasteiger partial charge in [-0.05, 0) is 58.9 Å². The first kappa shape index (κ1) is 22.0. The van der Waals surface area contributed by atoms with Gasteiger partial charge in [0.05, 0.1) is 30.2 Å². The van der Waals surface area contributed by atoms with E-state index in [4.69, 9.17) is 14.5 Å². The number of carbonyl (C=O) groups is 1. The summed E-state index contributed by atoms with van der Waals surface area (Å²) in [7, 11) is 0. The lowest BCUT2D eigenvalue weighted by atomic mass is 9.65. The van der Waals surface area contributed by atoms with E-state index >= 15 is 0 Å². The third-order valence-electron chi connectivity index (χ3n) is 7.24. The lowest BCUT2D eigenvalue weighted by Gasteiger charge is -2.51. The molecule has 4 aromatic heterocycles. The highest BCUT2D eigenvalue weighted by molar-refractivity contribution is 6.07. The zero-order valence-corrected chi connectivity index (χ0v) is 20.4. The number of hydrogen-bond acceptors (Lipinski definition) is 7. The molecule has 0 aromatic carbocycles. The van der Waals surface area contributed by atoms with Gasteiger partial charge in [0.25, 0.3) is 5.91 Å². The number of nitrogens with zero attached hydrogens (tertiary/aromatic N) is 6. The molecule has 1 aliphatic carbocycles. The summed E-state index contributed by atoms with van der Waals surface area (Å²) in [5.74, 6) is 0.403. The van der Waals surface area contributed by atoms with Gasteiger partial charge < -0.3 is 14.8 Å². The Hall–Kier alpha value is -3.53. The van der Waals surface area contributed by atoms with Crippen LogP contribution in [0.15, 0.2) is 31.0 Å². The van der Waals surface area contributed by atoms with Crippen LogP contribution in [0.3, 0.4) is 0 Å². The van der Waals surface area contributed by atoms with Gasteiger partial charge in [0.1, 0.15) is 11.3 Å². The van der Waals surface area contributed by atoms with Crippen molar-refractivity contribution in [3.8, 4) is 5.88 Å². The highest BCUT2D eigenvalue weighted by Gasteiger charge is 2.49. The van der Waals surface area contributed by atoms with Crippen molar-refractivity contribution < 1.29 is 14.3 Å². The highest BCUT2D eigenvalue weighted by Crippen LogP contribution is 2.49. The summed E-state index contributed by atoms with van der Waals surface area (Å²) in [6.07, 6.45) is 12.9. The molecule has 10 nitrogen and oxygen atoms in total. The zero-order valence-electron chi connectivity index (χ0n) is 20.4. The average Bonchev–Trinajstić information content (AvgIpc) is 3.42. The van der Waals surface area contributed by atoms with Gasteiger partial charge in [0.15, 0.2) is 5.65 Å². The van der Waals surface area contributed by atoms with Crippen LogP contribution in [-0.2, 0) is 10.2 Å². The van der Waals surface area contributed by atoms with Gasteiger partial charge in [-0.1, -0.05) is 0 Å². The molecule has 6 heterocycles. The first-order valence-electron chi connectivity index (χ1n) is 12.1. The number of carbonyl (C=O) groups excluding carboxylic acids is 1. The summed E-state index contributed by atoms with van der Waals surface area (Å²) < 4.78 is 15.6. The van der Waals surface area contributed by atoms with Gasteiger partial charge in [0.2, 0.25) is 11.7 Å². The first-order chi connectivity index (χ1) is 16.7. The van der Waals surface area contributed by atoms with Crippen LogP contribution >= 0.6 is 0 Å². The number of anilines is 1. The minimum Gasteiger partial charge on any atom is -0.474 e. The maximum atomic E-state index is 13.4. The molecule has 2 saturated heterocycles. The maximum Gasteiger partial charge on any atom is 0.262 e. The third-order valence-corrected chi connectivity index (χ3v) is 7.24. The van der Waals surface area contributed by atoms with Crippen LogP contribution in [0.25, 0.3) is 11.4 Å². The predicted molar refractivity (Wildman–Crippen MR) is 129 cm³/mol. The Kier molecular flexibility index (Phi) is 4.86. The molecule has 0 radical (unpaired) electrons. The molecule has 35 heavy (non-hydrogen) atoms. The highest BCUT2D eigenvalue weighted by atomic mass is 16.5. The molecule has 0 spiro atoms. The van der Waals surface area contributed by atoms with Crippen molar-refractivity contribution in [3.63, 3.8) is 0 Å². The van der Waals surface area contributed by atoms with Gasteiger partial charge in [-0.3, -0.25) is 9.20 Å². The first-order valence-corrected chi connectivity index (χ1v) is 12.1. The maximum absolute atomic E-state index is 13.4. The third kappa shape index (κ3) is 3.72. The summed E-state index contributed by atoms with van der Waals surface area (Å²) >= 11 is 0. The van der Waals surface area contributed by atoms with E-state index in [0.29, 0.717) is 29.3 Å². The van der Waals surface area contributed by atoms with Crippen molar-refractivity contribution in [2.24, 2.45) is 0 Å². The van der Waals surface area contributed by atoms with Crippen molar-refractivity contribution in [2.75, 3.05) is 11.9 Å². The molecule has 4 aromatic rings. The van der Waals surface area contributed by atoms with Crippen LogP contribution in [0.2, 0.25) is 0 Å². The minimum absolute atomic E-state index is 0.00560. The Balaban J connectivity index is 1.37. The van der Waals surface area contributed by atoms with E-state index in [1.165, 1.54) is 0 Å². The molecular weight excluding hydrogens is 446 g/mol. The van der Waals surface area contributed by atoms with Crippen molar-refractivity contribution >= 4 is 23.0 Å². The van der Waals surface area contributed by atoms with Crippen LogP contribution in [0.4, 0.5) is 5.69 Å². The van der Waals surface area contributed by atoms with Gasteiger partial charge in [0, 0.05) is 30.2 Å². The van der Waals surface area contributed by atoms with Crippen molar-refractivity contribution in [3.05, 3.63) is 47.8 Å². The molecule has 1 amide bonds. The number of rotatable bonds is 5. The lowest BCUT2D eigenvalue weighted by molar-refractivity contribution is -0.146. The minimum atomic E-state index is -0.352. The average molecular weight is 476 g/mol. The summed E-state index contributed by atoms with van der Waals surface area (Å²) in [6, 6.07) is 0. The second kappa shape index (κ2) is 7.74. The Morgan fingerprint density at radius 2 is 1.94 bits per heavy atom. The topological polar surface area (TPSA) is 108 Å². The van der Waals surface area contributed by atoms with E-state index in [9.17, 15) is 4.79 Å². The van der Waals surface area contributed by atoms with Crippen LogP contribution in [0, 0.1) is 6.92 Å². The molecule has 7 rings (SSSR count). The molecule has 1 N–H and O–H groups in total. The molecule has 3 aliphatic rings. The number of aromatic nitrogens is 6. The zero-order chi connectivity index (χ0) is 24.4. The van der Waals surface area contributed by atoms with E-state index in [-0.39, 0.29) is 28.9 Å². The largest absolute Gasteiger partial charge is 0.474 e. The van der Waals surface area contributed by atoms with Gasteiger partial charge in [-0.25, -0.2) is 14.5 Å². The van der Waals surface area contributed by atoms with E-state index in [1.54, 1.807) is 23.1 Å². The molecule has 10 heteroatoms. The quantitative estimate of drug-likeness (QED) is 0.469. The van der Waals surface area contributed by atoms with Crippen molar-refractivity contribution in [1.82, 2.24) is 29.0 Å². The van der Waals surface area contributed by atoms with E-state index in [1.807, 2.05) is 37.6 Å². The molecular formula is C25H29N7O3. The number of aryl methyl sites for hydroxylation is 1. The van der Waals surface area contributed by atoms with Crippen LogP contribution in [-0.4, -0.2) is 53.2 Å². The second-order valence-electron chi connectivity index (χ2n) is 10.4. The van der Waals surface area contributed by atoms with Gasteiger partial charge in [-0.2, -0.15) is 10.1 Å². The Bertz CT molecular complexity index is 1430. The monoisotopic (exact) mass is 475 g/mol. The van der Waals surface area contributed by atoms with E-state index in [2.05, 4.69) is 27.3 Å². The smallest absolute Gasteiger partial charge is 0.262 e. The van der Waals surface area contributed by atoms with Crippen LogP contribution in [0.1, 0.15) is 68.1 Å². The second-order valence-corrected chi connectivity index (χ2v) is 10.4. The summed E-state index contributed by atoms with van der Waals surface area (Å²) in [6.45, 7) is 8.60. The fourth-order valence-electron chi connectivity index (χ4n) is 5.07.